The molecule has 31 heavy (non-hydrogen) atoms. The van der Waals surface area contributed by atoms with E-state index in [9.17, 15) is 9.59 Å². The molecular formula is C26H21NO3S. The van der Waals surface area contributed by atoms with Crippen molar-refractivity contribution in [3.8, 4) is 0 Å². The molecular weight excluding hydrogens is 406 g/mol. The van der Waals surface area contributed by atoms with Gasteiger partial charge in [-0.3, -0.25) is 14.5 Å². The van der Waals surface area contributed by atoms with Crippen molar-refractivity contribution >= 4 is 45.9 Å². The van der Waals surface area contributed by atoms with E-state index < -0.39 is 0 Å². The van der Waals surface area contributed by atoms with Crippen LogP contribution in [0.15, 0.2) is 78.9 Å². The highest BCUT2D eigenvalue weighted by atomic mass is 32.1. The Bertz CT molecular complexity index is 1200. The average molecular weight is 428 g/mol. The Kier molecular flexibility index (Phi) is 5.78. The molecule has 1 amide bonds. The van der Waals surface area contributed by atoms with Gasteiger partial charge in [0.2, 0.25) is 0 Å². The predicted octanol–water partition coefficient (Wildman–Crippen LogP) is 5.00. The molecule has 3 aromatic rings. The summed E-state index contributed by atoms with van der Waals surface area (Å²) in [5, 5.41) is 0. The highest BCUT2D eigenvalue weighted by Crippen LogP contribution is 2.40. The first-order chi connectivity index (χ1) is 15.0. The summed E-state index contributed by atoms with van der Waals surface area (Å²) in [6, 6.07) is 24.7. The van der Waals surface area contributed by atoms with E-state index in [1.807, 2.05) is 85.8 Å². The monoisotopic (exact) mass is 427 g/mol. The van der Waals surface area contributed by atoms with Gasteiger partial charge < -0.3 is 4.74 Å². The van der Waals surface area contributed by atoms with Crippen LogP contribution in [0.4, 0.5) is 5.69 Å². The number of aryl methyl sites for hydroxylation is 1. The van der Waals surface area contributed by atoms with Crippen molar-refractivity contribution in [1.29, 1.82) is 0 Å². The summed E-state index contributed by atoms with van der Waals surface area (Å²) in [6.07, 6.45) is 0.0967. The van der Waals surface area contributed by atoms with Gasteiger partial charge in [0.15, 0.2) is 0 Å². The van der Waals surface area contributed by atoms with Crippen LogP contribution in [0.25, 0.3) is 11.1 Å². The fourth-order valence-corrected chi connectivity index (χ4v) is 4.13. The van der Waals surface area contributed by atoms with Gasteiger partial charge in [0.05, 0.1) is 24.8 Å². The third-order valence-corrected chi connectivity index (χ3v) is 5.67. The van der Waals surface area contributed by atoms with Gasteiger partial charge in [0, 0.05) is 5.57 Å². The molecule has 3 aromatic carbocycles. The van der Waals surface area contributed by atoms with E-state index in [2.05, 4.69) is 0 Å². The number of para-hydroxylation sites is 1. The van der Waals surface area contributed by atoms with Crippen molar-refractivity contribution in [2.45, 2.75) is 13.3 Å². The number of nitrogens with zero attached hydrogens (tertiary/aromatic N) is 1. The largest absolute Gasteiger partial charge is 0.469 e. The second-order valence-electron chi connectivity index (χ2n) is 7.31. The number of carbonyl (C=O) groups excluding carboxylic acids is 2. The summed E-state index contributed by atoms with van der Waals surface area (Å²) >= 11 is 5.84. The highest BCUT2D eigenvalue weighted by molar-refractivity contribution is 7.82. The Hall–Kier alpha value is -3.57. The summed E-state index contributed by atoms with van der Waals surface area (Å²) in [5.41, 5.74) is 5.32. The van der Waals surface area contributed by atoms with Crippen LogP contribution >= 0.6 is 12.2 Å². The van der Waals surface area contributed by atoms with Gasteiger partial charge in [-0.25, -0.2) is 0 Å². The van der Waals surface area contributed by atoms with E-state index in [1.165, 1.54) is 7.11 Å². The van der Waals surface area contributed by atoms with Crippen LogP contribution in [-0.4, -0.2) is 24.0 Å². The summed E-state index contributed by atoms with van der Waals surface area (Å²) in [7, 11) is 1.36. The van der Waals surface area contributed by atoms with Crippen molar-refractivity contribution in [2.75, 3.05) is 12.0 Å². The molecule has 0 bridgehead atoms. The van der Waals surface area contributed by atoms with Crippen molar-refractivity contribution in [1.82, 2.24) is 0 Å². The number of rotatable bonds is 5. The maximum atomic E-state index is 13.7. The number of amides is 1. The third kappa shape index (κ3) is 3.92. The quantitative estimate of drug-likeness (QED) is 0.425. The number of esters is 1. The fraction of sp³-hybridized carbons (Fsp3) is 0.115. The van der Waals surface area contributed by atoms with E-state index in [4.69, 9.17) is 17.0 Å². The minimum atomic E-state index is -0.347. The van der Waals surface area contributed by atoms with Gasteiger partial charge in [0.25, 0.3) is 5.91 Å². The number of carbonyl (C=O) groups is 2. The van der Waals surface area contributed by atoms with E-state index in [-0.39, 0.29) is 18.3 Å². The van der Waals surface area contributed by atoms with Crippen LogP contribution in [0.3, 0.4) is 0 Å². The Balaban J connectivity index is 1.93. The first kappa shape index (κ1) is 20.7. The van der Waals surface area contributed by atoms with E-state index >= 15 is 0 Å². The molecule has 5 heteroatoms. The average Bonchev–Trinajstić information content (AvgIpc) is 3.05. The Labute approximate surface area is 186 Å². The lowest BCUT2D eigenvalue weighted by Gasteiger charge is -2.18. The first-order valence-electron chi connectivity index (χ1n) is 9.91. The summed E-state index contributed by atoms with van der Waals surface area (Å²) in [6.45, 7) is 2.00. The molecule has 1 aliphatic heterocycles. The van der Waals surface area contributed by atoms with E-state index in [1.54, 1.807) is 4.90 Å². The molecule has 0 saturated heterocycles. The predicted molar refractivity (Wildman–Crippen MR) is 127 cm³/mol. The zero-order valence-electron chi connectivity index (χ0n) is 17.3. The molecule has 0 aromatic heterocycles. The molecule has 154 valence electrons. The maximum absolute atomic E-state index is 13.7. The molecule has 0 N–H and O–H groups in total. The zero-order valence-corrected chi connectivity index (χ0v) is 18.1. The normalized spacial score (nSPS) is 13.7. The molecule has 0 saturated carbocycles. The van der Waals surface area contributed by atoms with Gasteiger partial charge in [-0.15, -0.1) is 0 Å². The SMILES string of the molecule is COC(=O)Cc1ccccc1C1=C(c2ccc(C)cc2)C(=O)N(c2ccccc2)C1=S. The lowest BCUT2D eigenvalue weighted by Crippen LogP contribution is -2.30. The van der Waals surface area contributed by atoms with Crippen molar-refractivity contribution in [3.63, 3.8) is 0 Å². The number of hydrogen-bond acceptors (Lipinski definition) is 4. The summed E-state index contributed by atoms with van der Waals surface area (Å²) in [5.74, 6) is -0.525. The highest BCUT2D eigenvalue weighted by Gasteiger charge is 2.38. The molecule has 0 radical (unpaired) electrons. The van der Waals surface area contributed by atoms with Crippen molar-refractivity contribution in [2.24, 2.45) is 0 Å². The van der Waals surface area contributed by atoms with Crippen LogP contribution in [0.1, 0.15) is 22.3 Å². The van der Waals surface area contributed by atoms with Crippen LogP contribution in [0, 0.1) is 6.92 Å². The number of thiocarbonyl (C=S) groups is 1. The van der Waals surface area contributed by atoms with Gasteiger partial charge in [0.1, 0.15) is 4.99 Å². The van der Waals surface area contributed by atoms with Gasteiger partial charge in [-0.2, -0.15) is 0 Å². The second-order valence-corrected chi connectivity index (χ2v) is 7.69. The standard InChI is InChI=1S/C26H21NO3S/c1-17-12-14-18(15-13-17)23-24(21-11-7-6-8-19(21)16-22(28)30-2)26(31)27(25(23)29)20-9-4-3-5-10-20/h3-15H,16H2,1-2H3. The molecule has 1 aliphatic rings. The molecule has 0 fully saturated rings. The van der Waals surface area contributed by atoms with Crippen LogP contribution in [0.5, 0.6) is 0 Å². The van der Waals surface area contributed by atoms with Crippen LogP contribution < -0.4 is 4.90 Å². The second kappa shape index (κ2) is 8.66. The molecule has 0 atom stereocenters. The molecule has 0 unspecified atom stereocenters. The first-order valence-corrected chi connectivity index (χ1v) is 10.3. The molecule has 0 spiro atoms. The molecule has 4 rings (SSSR count). The minimum absolute atomic E-state index is 0.0967. The van der Waals surface area contributed by atoms with Crippen LogP contribution in [-0.2, 0) is 20.7 Å². The molecule has 0 aliphatic carbocycles. The topological polar surface area (TPSA) is 46.6 Å². The fourth-order valence-electron chi connectivity index (χ4n) is 3.73. The number of ether oxygens (including phenoxy) is 1. The lowest BCUT2D eigenvalue weighted by molar-refractivity contribution is -0.139. The minimum Gasteiger partial charge on any atom is -0.469 e. The number of anilines is 1. The molecule has 4 nitrogen and oxygen atoms in total. The van der Waals surface area contributed by atoms with Crippen molar-refractivity contribution < 1.29 is 14.3 Å². The van der Waals surface area contributed by atoms with E-state index in [0.29, 0.717) is 21.8 Å². The van der Waals surface area contributed by atoms with Gasteiger partial charge in [-0.05, 0) is 35.7 Å². The van der Waals surface area contributed by atoms with Gasteiger partial charge in [-0.1, -0.05) is 84.5 Å². The smallest absolute Gasteiger partial charge is 0.309 e. The Morgan fingerprint density at radius 2 is 1.55 bits per heavy atom. The van der Waals surface area contributed by atoms with Gasteiger partial charge >= 0.3 is 5.97 Å². The molecule has 1 heterocycles. The number of methoxy groups -OCH3 is 1. The summed E-state index contributed by atoms with van der Waals surface area (Å²) < 4.78 is 4.87. The maximum Gasteiger partial charge on any atom is 0.309 e. The van der Waals surface area contributed by atoms with E-state index in [0.717, 1.165) is 22.3 Å². The van der Waals surface area contributed by atoms with Crippen molar-refractivity contribution in [3.05, 3.63) is 101 Å². The Morgan fingerprint density at radius 3 is 2.23 bits per heavy atom. The van der Waals surface area contributed by atoms with Crippen LogP contribution in [0.2, 0.25) is 0 Å². The number of hydrogen-bond donors (Lipinski definition) is 0. The lowest BCUT2D eigenvalue weighted by atomic mass is 9.92. The Morgan fingerprint density at radius 1 is 0.903 bits per heavy atom. The summed E-state index contributed by atoms with van der Waals surface area (Å²) in [4.78, 5) is 27.7. The third-order valence-electron chi connectivity index (χ3n) is 5.29. The zero-order chi connectivity index (χ0) is 22.0. The number of benzene rings is 3.